The van der Waals surface area contributed by atoms with E-state index in [9.17, 15) is 0 Å². The van der Waals surface area contributed by atoms with Crippen LogP contribution in [0.1, 0.15) is 25.6 Å². The lowest BCUT2D eigenvalue weighted by molar-refractivity contribution is 0.566. The maximum absolute atomic E-state index is 9.11. The van der Waals surface area contributed by atoms with Crippen molar-refractivity contribution < 1.29 is 0 Å². The highest BCUT2D eigenvalue weighted by atomic mass is 35.5. The molecule has 0 saturated heterocycles. The fourth-order valence-corrected chi connectivity index (χ4v) is 2.61. The molecule has 0 fully saturated rings. The maximum atomic E-state index is 9.11. The molecule has 5 heteroatoms. The Morgan fingerprint density at radius 2 is 2.24 bits per heavy atom. The number of hydrogen-bond acceptors (Lipinski definition) is 3. The number of thiophene rings is 1. The van der Waals surface area contributed by atoms with Gasteiger partial charge in [0.2, 0.25) is 0 Å². The van der Waals surface area contributed by atoms with Gasteiger partial charge >= 0.3 is 0 Å². The minimum Gasteiger partial charge on any atom is -0.340 e. The average Bonchev–Trinajstić information content (AvgIpc) is 2.87. The lowest BCUT2D eigenvalue weighted by Crippen LogP contribution is -2.05. The van der Waals surface area contributed by atoms with Crippen molar-refractivity contribution in [3.63, 3.8) is 0 Å². The van der Waals surface area contributed by atoms with Crippen LogP contribution >= 0.6 is 22.9 Å². The fourth-order valence-electron chi connectivity index (χ4n) is 1.60. The molecule has 0 aliphatic heterocycles. The van der Waals surface area contributed by atoms with E-state index in [1.165, 1.54) is 11.3 Å². The number of aromatic nitrogens is 2. The van der Waals surface area contributed by atoms with Gasteiger partial charge in [0.05, 0.1) is 27.2 Å². The molecule has 0 aliphatic rings. The fraction of sp³-hybridized carbons (Fsp3) is 0.333. The van der Waals surface area contributed by atoms with Crippen LogP contribution in [0.15, 0.2) is 18.3 Å². The van der Waals surface area contributed by atoms with E-state index in [1.807, 2.05) is 26.0 Å². The summed E-state index contributed by atoms with van der Waals surface area (Å²) in [7, 11) is 0. The Hall–Kier alpha value is -1.31. The van der Waals surface area contributed by atoms with Gasteiger partial charge in [-0.1, -0.05) is 25.4 Å². The predicted molar refractivity (Wildman–Crippen MR) is 70.1 cm³/mol. The first-order valence-corrected chi connectivity index (χ1v) is 6.51. The molecule has 1 atom stereocenters. The third kappa shape index (κ3) is 2.51. The number of nitrogens with zero attached hydrogens (tertiary/aromatic N) is 2. The van der Waals surface area contributed by atoms with E-state index in [2.05, 4.69) is 16.0 Å². The molecule has 0 amide bonds. The van der Waals surface area contributed by atoms with Crippen molar-refractivity contribution in [3.8, 4) is 16.6 Å². The zero-order valence-electron chi connectivity index (χ0n) is 9.57. The number of rotatable bonds is 3. The normalized spacial score (nSPS) is 12.6. The number of halogens is 1. The van der Waals surface area contributed by atoms with Gasteiger partial charge in [0.25, 0.3) is 0 Å². The summed E-state index contributed by atoms with van der Waals surface area (Å²) in [5.74, 6) is 0.770. The first-order valence-electron chi connectivity index (χ1n) is 5.32. The van der Waals surface area contributed by atoms with E-state index in [-0.39, 0.29) is 11.8 Å². The Labute approximate surface area is 109 Å². The molecule has 0 aromatic carbocycles. The lowest BCUT2D eigenvalue weighted by Gasteiger charge is -2.08. The SMILES string of the molecule is CC(C)C(C#N)c1ncc(-c2ccc(Cl)s2)[nH]1. The molecule has 0 aliphatic carbocycles. The summed E-state index contributed by atoms with van der Waals surface area (Å²) in [5.41, 5.74) is 0.915. The lowest BCUT2D eigenvalue weighted by atomic mass is 9.97. The summed E-state index contributed by atoms with van der Waals surface area (Å²) in [4.78, 5) is 8.51. The topological polar surface area (TPSA) is 52.5 Å². The Morgan fingerprint density at radius 1 is 1.47 bits per heavy atom. The van der Waals surface area contributed by atoms with Gasteiger partial charge < -0.3 is 4.98 Å². The number of imidazole rings is 1. The van der Waals surface area contributed by atoms with Gasteiger partial charge in [0, 0.05) is 0 Å². The summed E-state index contributed by atoms with van der Waals surface area (Å²) >= 11 is 7.38. The summed E-state index contributed by atoms with van der Waals surface area (Å²) in [5, 5.41) is 9.11. The molecule has 2 aromatic heterocycles. The standard InChI is InChI=1S/C12H12ClN3S/c1-7(2)8(5-14)12-15-6-9(16-12)10-3-4-11(13)17-10/h3-4,6-8H,1-2H3,(H,15,16). The smallest absolute Gasteiger partial charge is 0.124 e. The van der Waals surface area contributed by atoms with Crippen LogP contribution in [0, 0.1) is 17.2 Å². The van der Waals surface area contributed by atoms with Crippen molar-refractivity contribution in [1.29, 1.82) is 5.26 Å². The van der Waals surface area contributed by atoms with Crippen LogP contribution in [0.5, 0.6) is 0 Å². The first kappa shape index (κ1) is 12.2. The number of aromatic amines is 1. The highest BCUT2D eigenvalue weighted by molar-refractivity contribution is 7.19. The predicted octanol–water partition coefficient (Wildman–Crippen LogP) is 4.05. The minimum absolute atomic E-state index is 0.195. The second kappa shape index (κ2) is 4.91. The van der Waals surface area contributed by atoms with Gasteiger partial charge in [0.1, 0.15) is 11.7 Å². The minimum atomic E-state index is -0.195. The Bertz CT molecular complexity index is 550. The molecule has 88 valence electrons. The van der Waals surface area contributed by atoms with Gasteiger partial charge in [0.15, 0.2) is 0 Å². The Balaban J connectivity index is 2.30. The van der Waals surface area contributed by atoms with E-state index >= 15 is 0 Å². The van der Waals surface area contributed by atoms with Crippen LogP contribution in [0.4, 0.5) is 0 Å². The summed E-state index contributed by atoms with van der Waals surface area (Å²) in [6.45, 7) is 4.02. The van der Waals surface area contributed by atoms with Crippen LogP contribution in [-0.4, -0.2) is 9.97 Å². The largest absolute Gasteiger partial charge is 0.340 e. The second-order valence-corrected chi connectivity index (χ2v) is 5.85. The van der Waals surface area contributed by atoms with E-state index in [1.54, 1.807) is 6.20 Å². The molecule has 17 heavy (non-hydrogen) atoms. The third-order valence-corrected chi connectivity index (χ3v) is 3.80. The van der Waals surface area contributed by atoms with Crippen molar-refractivity contribution in [1.82, 2.24) is 9.97 Å². The van der Waals surface area contributed by atoms with Crippen LogP contribution in [0.25, 0.3) is 10.6 Å². The van der Waals surface area contributed by atoms with Crippen molar-refractivity contribution in [2.45, 2.75) is 19.8 Å². The molecule has 2 rings (SSSR count). The van der Waals surface area contributed by atoms with Gasteiger partial charge in [-0.05, 0) is 18.1 Å². The summed E-state index contributed by atoms with van der Waals surface area (Å²) in [6, 6.07) is 6.07. The van der Waals surface area contributed by atoms with Crippen molar-refractivity contribution in [3.05, 3.63) is 28.5 Å². The summed E-state index contributed by atoms with van der Waals surface area (Å²) in [6.07, 6.45) is 1.75. The number of hydrogen-bond donors (Lipinski definition) is 1. The molecule has 2 aromatic rings. The zero-order valence-corrected chi connectivity index (χ0v) is 11.1. The van der Waals surface area contributed by atoms with Gasteiger partial charge in [-0.25, -0.2) is 4.98 Å². The highest BCUT2D eigenvalue weighted by Gasteiger charge is 2.18. The van der Waals surface area contributed by atoms with E-state index in [4.69, 9.17) is 16.9 Å². The van der Waals surface area contributed by atoms with Crippen molar-refractivity contribution in [2.24, 2.45) is 5.92 Å². The molecule has 0 saturated carbocycles. The van der Waals surface area contributed by atoms with Gasteiger partial charge in [-0.3, -0.25) is 0 Å². The van der Waals surface area contributed by atoms with E-state index in [0.717, 1.165) is 20.7 Å². The number of H-pyrrole nitrogens is 1. The first-order chi connectivity index (χ1) is 8.11. The molecule has 1 N–H and O–H groups in total. The molecule has 1 unspecified atom stereocenters. The molecule has 0 radical (unpaired) electrons. The van der Waals surface area contributed by atoms with E-state index in [0.29, 0.717) is 0 Å². The van der Waals surface area contributed by atoms with Gasteiger partial charge in [-0.2, -0.15) is 5.26 Å². The third-order valence-electron chi connectivity index (χ3n) is 2.53. The molecular formula is C12H12ClN3S. The quantitative estimate of drug-likeness (QED) is 0.910. The van der Waals surface area contributed by atoms with Crippen molar-refractivity contribution >= 4 is 22.9 Å². The van der Waals surface area contributed by atoms with Crippen LogP contribution in [-0.2, 0) is 0 Å². The molecule has 0 spiro atoms. The Morgan fingerprint density at radius 3 is 2.76 bits per heavy atom. The maximum Gasteiger partial charge on any atom is 0.124 e. The zero-order chi connectivity index (χ0) is 12.4. The molecule has 3 nitrogen and oxygen atoms in total. The van der Waals surface area contributed by atoms with Crippen LogP contribution < -0.4 is 0 Å². The van der Waals surface area contributed by atoms with Crippen LogP contribution in [0.3, 0.4) is 0 Å². The molecule has 2 heterocycles. The number of nitrogens with one attached hydrogen (secondary N) is 1. The summed E-state index contributed by atoms with van der Waals surface area (Å²) < 4.78 is 0.747. The van der Waals surface area contributed by atoms with Crippen molar-refractivity contribution in [2.75, 3.05) is 0 Å². The van der Waals surface area contributed by atoms with Gasteiger partial charge in [-0.15, -0.1) is 11.3 Å². The van der Waals surface area contributed by atoms with Crippen LogP contribution in [0.2, 0.25) is 4.34 Å². The molecule has 0 bridgehead atoms. The monoisotopic (exact) mass is 265 g/mol. The average molecular weight is 266 g/mol. The number of nitriles is 1. The molecular weight excluding hydrogens is 254 g/mol. The second-order valence-electron chi connectivity index (χ2n) is 4.14. The van der Waals surface area contributed by atoms with E-state index < -0.39 is 0 Å². The highest BCUT2D eigenvalue weighted by Crippen LogP contribution is 2.31. The Kier molecular flexibility index (Phi) is 3.51.